The average Bonchev–Trinajstić information content (AvgIpc) is 2.80. The molecule has 2 aromatic rings. The van der Waals surface area contributed by atoms with Gasteiger partial charge in [0.25, 0.3) is 0 Å². The first-order chi connectivity index (χ1) is 9.25. The first-order valence-corrected chi connectivity index (χ1v) is 6.90. The minimum absolute atomic E-state index is 0.359. The van der Waals surface area contributed by atoms with E-state index in [2.05, 4.69) is 4.90 Å². The van der Waals surface area contributed by atoms with Crippen molar-refractivity contribution in [2.75, 3.05) is 18.1 Å². The van der Waals surface area contributed by atoms with Crippen LogP contribution in [0.15, 0.2) is 36.4 Å². The lowest BCUT2D eigenvalue weighted by atomic mass is 10.2. The second-order valence-electron chi connectivity index (χ2n) is 4.26. The third kappa shape index (κ3) is 2.29. The molecule has 0 radical (unpaired) electrons. The lowest BCUT2D eigenvalue weighted by molar-refractivity contribution is 0.0702. The minimum Gasteiger partial charge on any atom is -0.491 e. The molecule has 0 atom stereocenters. The average molecular weight is 275 g/mol. The zero-order valence-electron chi connectivity index (χ0n) is 10.2. The van der Waals surface area contributed by atoms with Crippen molar-refractivity contribution >= 4 is 28.0 Å². The van der Waals surface area contributed by atoms with Crippen molar-refractivity contribution in [2.45, 2.75) is 6.42 Å². The zero-order chi connectivity index (χ0) is 13.2. The molecule has 0 saturated heterocycles. The van der Waals surface area contributed by atoms with E-state index in [-0.39, 0.29) is 0 Å². The van der Waals surface area contributed by atoms with Crippen molar-refractivity contribution < 1.29 is 14.6 Å². The maximum atomic E-state index is 11.0. The van der Waals surface area contributed by atoms with Crippen molar-refractivity contribution in [2.24, 2.45) is 0 Å². The van der Waals surface area contributed by atoms with Crippen molar-refractivity contribution in [3.05, 3.63) is 41.3 Å². The fourth-order valence-electron chi connectivity index (χ4n) is 2.14. The molecule has 4 nitrogen and oxygen atoms in total. The number of fused-ring (bicyclic) bond motifs is 1. The van der Waals surface area contributed by atoms with Crippen molar-refractivity contribution in [1.82, 2.24) is 0 Å². The van der Waals surface area contributed by atoms with E-state index < -0.39 is 5.97 Å². The van der Waals surface area contributed by atoms with E-state index in [0.717, 1.165) is 29.4 Å². The summed E-state index contributed by atoms with van der Waals surface area (Å²) >= 11 is 1.29. The Morgan fingerprint density at radius 2 is 2.11 bits per heavy atom. The van der Waals surface area contributed by atoms with Gasteiger partial charge in [-0.15, -0.1) is 11.3 Å². The predicted molar refractivity (Wildman–Crippen MR) is 74.8 cm³/mol. The number of benzene rings is 1. The van der Waals surface area contributed by atoms with Gasteiger partial charge < -0.3 is 14.7 Å². The number of aromatic carboxylic acids is 1. The van der Waals surface area contributed by atoms with Crippen LogP contribution in [0, 0.1) is 0 Å². The highest BCUT2D eigenvalue weighted by atomic mass is 32.1. The SMILES string of the molecule is O=C(O)c1ccc(N2CCCOc3ccccc32)s1. The van der Waals surface area contributed by atoms with Crippen molar-refractivity contribution in [1.29, 1.82) is 0 Å². The Hall–Kier alpha value is -2.01. The van der Waals surface area contributed by atoms with E-state index in [4.69, 9.17) is 9.84 Å². The Kier molecular flexibility index (Phi) is 3.13. The smallest absolute Gasteiger partial charge is 0.345 e. The number of anilines is 2. The molecule has 19 heavy (non-hydrogen) atoms. The third-order valence-corrected chi connectivity index (χ3v) is 4.10. The van der Waals surface area contributed by atoms with E-state index in [0.29, 0.717) is 11.5 Å². The lowest BCUT2D eigenvalue weighted by Gasteiger charge is -2.21. The number of thiophene rings is 1. The largest absolute Gasteiger partial charge is 0.491 e. The van der Waals surface area contributed by atoms with Gasteiger partial charge in [-0.2, -0.15) is 0 Å². The highest BCUT2D eigenvalue weighted by Gasteiger charge is 2.19. The van der Waals surface area contributed by atoms with Gasteiger partial charge in [0.15, 0.2) is 0 Å². The normalized spacial score (nSPS) is 14.4. The Morgan fingerprint density at radius 1 is 1.26 bits per heavy atom. The molecule has 2 heterocycles. The van der Waals surface area contributed by atoms with E-state index >= 15 is 0 Å². The summed E-state index contributed by atoms with van der Waals surface area (Å²) in [5, 5.41) is 9.95. The Morgan fingerprint density at radius 3 is 2.89 bits per heavy atom. The second kappa shape index (κ2) is 4.93. The summed E-state index contributed by atoms with van der Waals surface area (Å²) in [6, 6.07) is 11.4. The summed E-state index contributed by atoms with van der Waals surface area (Å²) in [6.45, 7) is 1.52. The van der Waals surface area contributed by atoms with Gasteiger partial charge in [0.05, 0.1) is 17.3 Å². The maximum absolute atomic E-state index is 11.0. The van der Waals surface area contributed by atoms with Crippen molar-refractivity contribution in [3.8, 4) is 5.75 Å². The van der Waals surface area contributed by atoms with Crippen LogP contribution in [0.5, 0.6) is 5.75 Å². The van der Waals surface area contributed by atoms with Gasteiger partial charge in [0.2, 0.25) is 0 Å². The molecule has 1 aliphatic rings. The summed E-state index contributed by atoms with van der Waals surface area (Å²) in [5.41, 5.74) is 0.999. The minimum atomic E-state index is -0.879. The molecule has 0 unspecified atom stereocenters. The third-order valence-electron chi connectivity index (χ3n) is 3.01. The van der Waals surface area contributed by atoms with Gasteiger partial charge in [0.1, 0.15) is 10.6 Å². The first kappa shape index (κ1) is 12.0. The highest BCUT2D eigenvalue weighted by molar-refractivity contribution is 7.17. The monoisotopic (exact) mass is 275 g/mol. The molecule has 0 bridgehead atoms. The molecule has 1 aromatic heterocycles. The van der Waals surface area contributed by atoms with Crippen LogP contribution >= 0.6 is 11.3 Å². The summed E-state index contributed by atoms with van der Waals surface area (Å²) in [7, 11) is 0. The molecular weight excluding hydrogens is 262 g/mol. The van der Waals surface area contributed by atoms with Crippen LogP contribution in [-0.4, -0.2) is 24.2 Å². The maximum Gasteiger partial charge on any atom is 0.345 e. The number of nitrogens with zero attached hydrogens (tertiary/aromatic N) is 1. The Labute approximate surface area is 114 Å². The molecular formula is C14H13NO3S. The fourth-order valence-corrected chi connectivity index (χ4v) is 3.03. The van der Waals surface area contributed by atoms with Crippen LogP contribution in [0.2, 0.25) is 0 Å². The van der Waals surface area contributed by atoms with Crippen LogP contribution in [-0.2, 0) is 0 Å². The Balaban J connectivity index is 2.01. The fraction of sp³-hybridized carbons (Fsp3) is 0.214. The predicted octanol–water partition coefficient (Wildman–Crippen LogP) is 3.37. The molecule has 1 N–H and O–H groups in total. The number of carbonyl (C=O) groups is 1. The van der Waals surface area contributed by atoms with Crippen LogP contribution in [0.3, 0.4) is 0 Å². The number of ether oxygens (including phenoxy) is 1. The summed E-state index contributed by atoms with van der Waals surface area (Å²) < 4.78 is 5.70. The molecule has 5 heteroatoms. The van der Waals surface area contributed by atoms with E-state index in [9.17, 15) is 4.79 Å². The molecule has 0 amide bonds. The van der Waals surface area contributed by atoms with Crippen LogP contribution in [0.1, 0.15) is 16.1 Å². The molecule has 0 spiro atoms. The van der Waals surface area contributed by atoms with Gasteiger partial charge in [-0.1, -0.05) is 12.1 Å². The van der Waals surface area contributed by atoms with Gasteiger partial charge in [0, 0.05) is 6.54 Å². The first-order valence-electron chi connectivity index (χ1n) is 6.08. The van der Waals surface area contributed by atoms with Gasteiger partial charge in [-0.3, -0.25) is 0 Å². The second-order valence-corrected chi connectivity index (χ2v) is 5.33. The molecule has 98 valence electrons. The molecule has 1 aliphatic heterocycles. The number of hydrogen-bond donors (Lipinski definition) is 1. The number of para-hydroxylation sites is 2. The topological polar surface area (TPSA) is 49.8 Å². The zero-order valence-corrected chi connectivity index (χ0v) is 11.0. The molecule has 3 rings (SSSR count). The number of carboxylic acids is 1. The van der Waals surface area contributed by atoms with Crippen LogP contribution in [0.25, 0.3) is 0 Å². The highest BCUT2D eigenvalue weighted by Crippen LogP contribution is 2.38. The molecule has 1 aromatic carbocycles. The number of rotatable bonds is 2. The van der Waals surface area contributed by atoms with Gasteiger partial charge in [-0.05, 0) is 30.7 Å². The number of carboxylic acid groups (broad SMARTS) is 1. The van der Waals surface area contributed by atoms with Crippen LogP contribution < -0.4 is 9.64 Å². The van der Waals surface area contributed by atoms with Crippen LogP contribution in [0.4, 0.5) is 10.7 Å². The lowest BCUT2D eigenvalue weighted by Crippen LogP contribution is -2.16. The van der Waals surface area contributed by atoms with Gasteiger partial charge in [-0.25, -0.2) is 4.79 Å². The summed E-state index contributed by atoms with van der Waals surface area (Å²) in [6.07, 6.45) is 0.912. The molecule has 0 fully saturated rings. The quantitative estimate of drug-likeness (QED) is 0.913. The van der Waals surface area contributed by atoms with E-state index in [1.807, 2.05) is 30.3 Å². The standard InChI is InChI=1S/C14H13NO3S/c16-14(17)12-6-7-13(19-12)15-8-3-9-18-11-5-2-1-4-10(11)15/h1-2,4-7H,3,8-9H2,(H,16,17). The molecule has 0 saturated carbocycles. The molecule has 0 aliphatic carbocycles. The Bertz CT molecular complexity index is 608. The summed E-state index contributed by atoms with van der Waals surface area (Å²) in [5.74, 6) is -0.0270. The van der Waals surface area contributed by atoms with Crippen molar-refractivity contribution in [3.63, 3.8) is 0 Å². The summed E-state index contributed by atoms with van der Waals surface area (Å²) in [4.78, 5) is 13.5. The van der Waals surface area contributed by atoms with Gasteiger partial charge >= 0.3 is 5.97 Å². The number of hydrogen-bond acceptors (Lipinski definition) is 4. The van der Waals surface area contributed by atoms with E-state index in [1.54, 1.807) is 6.07 Å². The van der Waals surface area contributed by atoms with E-state index in [1.165, 1.54) is 11.3 Å².